The topological polar surface area (TPSA) is 0 Å². The van der Waals surface area contributed by atoms with Gasteiger partial charge in [-0.05, 0) is 78.9 Å². The molecule has 0 aliphatic heterocycles. The minimum absolute atomic E-state index is 0.712. The van der Waals surface area contributed by atoms with Crippen LogP contribution in [0, 0.1) is 46.8 Å². The first-order chi connectivity index (χ1) is 12.2. The second-order valence-electron chi connectivity index (χ2n) is 10.9. The Kier molecular flexibility index (Phi) is 10.3. The van der Waals surface area contributed by atoms with Crippen molar-refractivity contribution in [3.05, 3.63) is 0 Å². The zero-order valence-corrected chi connectivity index (χ0v) is 19.9. The maximum absolute atomic E-state index is 2.54. The Morgan fingerprint density at radius 1 is 0.769 bits per heavy atom. The minimum atomic E-state index is 0.712. The van der Waals surface area contributed by atoms with Crippen molar-refractivity contribution in [1.82, 2.24) is 0 Å². The van der Waals surface area contributed by atoms with Gasteiger partial charge in [-0.15, -0.1) is 0 Å². The first-order valence-corrected chi connectivity index (χ1v) is 12.2. The highest BCUT2D eigenvalue weighted by atomic mass is 14.6. The fraction of sp³-hybridized carbons (Fsp3) is 1.00. The summed E-state index contributed by atoms with van der Waals surface area (Å²) >= 11 is 0. The second-order valence-corrected chi connectivity index (χ2v) is 10.9. The Morgan fingerprint density at radius 3 is 1.88 bits per heavy atom. The van der Waals surface area contributed by atoms with E-state index in [1.54, 1.807) is 0 Å². The van der Waals surface area contributed by atoms with Crippen molar-refractivity contribution in [3.8, 4) is 0 Å². The molecule has 1 saturated carbocycles. The van der Waals surface area contributed by atoms with Crippen molar-refractivity contribution >= 4 is 0 Å². The van der Waals surface area contributed by atoms with Crippen LogP contribution in [0.5, 0.6) is 0 Å². The van der Waals surface area contributed by atoms with Gasteiger partial charge in [0.2, 0.25) is 0 Å². The van der Waals surface area contributed by atoms with Crippen molar-refractivity contribution < 1.29 is 0 Å². The molecule has 0 aromatic rings. The smallest absolute Gasteiger partial charge is 0.0243 e. The van der Waals surface area contributed by atoms with E-state index >= 15 is 0 Å². The molecule has 7 atom stereocenters. The second kappa shape index (κ2) is 11.1. The summed E-state index contributed by atoms with van der Waals surface area (Å²) in [4.78, 5) is 0. The van der Waals surface area contributed by atoms with Crippen molar-refractivity contribution in [2.75, 3.05) is 0 Å². The quantitative estimate of drug-likeness (QED) is 0.288. The standard InChI is InChI=1S/C26H52/c1-10-12-14-26(19(3)4)18-25(26)16-20(5)15-22(7)24(9)17-23(8)21(6)13-11-2/h19-25H,10-18H2,1-9H3. The van der Waals surface area contributed by atoms with Crippen LogP contribution in [-0.2, 0) is 0 Å². The van der Waals surface area contributed by atoms with Gasteiger partial charge in [0.25, 0.3) is 0 Å². The predicted molar refractivity (Wildman–Crippen MR) is 119 cm³/mol. The zero-order chi connectivity index (χ0) is 19.9. The molecule has 0 N–H and O–H groups in total. The summed E-state index contributed by atoms with van der Waals surface area (Å²) in [5.74, 6) is 6.34. The highest BCUT2D eigenvalue weighted by Crippen LogP contribution is 2.63. The Bertz CT molecular complexity index is 370. The largest absolute Gasteiger partial charge is 0.0654 e. The number of hydrogen-bond acceptors (Lipinski definition) is 0. The van der Waals surface area contributed by atoms with Crippen LogP contribution in [0.1, 0.15) is 120 Å². The maximum Gasteiger partial charge on any atom is -0.0243 e. The molecule has 0 radical (unpaired) electrons. The summed E-state index contributed by atoms with van der Waals surface area (Å²) in [6.45, 7) is 22.2. The van der Waals surface area contributed by atoms with Crippen LogP contribution >= 0.6 is 0 Å². The lowest BCUT2D eigenvalue weighted by atomic mass is 9.77. The van der Waals surface area contributed by atoms with Gasteiger partial charge in [-0.25, -0.2) is 0 Å². The molecule has 0 aromatic carbocycles. The molecule has 0 aromatic heterocycles. The molecule has 26 heavy (non-hydrogen) atoms. The Balaban J connectivity index is 2.41. The lowest BCUT2D eigenvalue weighted by molar-refractivity contribution is 0.217. The van der Waals surface area contributed by atoms with E-state index in [9.17, 15) is 0 Å². The van der Waals surface area contributed by atoms with Gasteiger partial charge < -0.3 is 0 Å². The molecule has 0 nitrogen and oxygen atoms in total. The third-order valence-electron chi connectivity index (χ3n) is 8.32. The van der Waals surface area contributed by atoms with Crippen molar-refractivity contribution in [2.24, 2.45) is 46.8 Å². The Labute approximate surface area is 167 Å². The summed E-state index contributed by atoms with van der Waals surface area (Å²) in [7, 11) is 0. The van der Waals surface area contributed by atoms with E-state index in [2.05, 4.69) is 62.3 Å². The Hall–Kier alpha value is 0. The van der Waals surface area contributed by atoms with Gasteiger partial charge in [-0.2, -0.15) is 0 Å². The Morgan fingerprint density at radius 2 is 1.35 bits per heavy atom. The molecule has 7 unspecified atom stereocenters. The van der Waals surface area contributed by atoms with E-state index in [1.165, 1.54) is 57.8 Å². The van der Waals surface area contributed by atoms with E-state index in [-0.39, 0.29) is 0 Å². The van der Waals surface area contributed by atoms with Gasteiger partial charge in [0.05, 0.1) is 0 Å². The van der Waals surface area contributed by atoms with E-state index in [0.717, 1.165) is 41.4 Å². The molecule has 1 fully saturated rings. The normalized spacial score (nSPS) is 28.6. The summed E-state index contributed by atoms with van der Waals surface area (Å²) in [6, 6.07) is 0. The van der Waals surface area contributed by atoms with E-state index in [4.69, 9.17) is 0 Å². The highest BCUT2D eigenvalue weighted by Gasteiger charge is 2.54. The number of rotatable bonds is 14. The third-order valence-corrected chi connectivity index (χ3v) is 8.32. The summed E-state index contributed by atoms with van der Waals surface area (Å²) in [5, 5.41) is 0. The molecule has 0 heterocycles. The average Bonchev–Trinajstić information content (AvgIpc) is 3.26. The summed E-state index contributed by atoms with van der Waals surface area (Å²) in [6.07, 6.45) is 12.9. The predicted octanol–water partition coefficient (Wildman–Crippen LogP) is 8.99. The molecule has 1 aliphatic rings. The van der Waals surface area contributed by atoms with Crippen LogP contribution < -0.4 is 0 Å². The number of unbranched alkanes of at least 4 members (excludes halogenated alkanes) is 1. The SMILES string of the molecule is CCCCC1(C(C)C)CC1CC(C)CC(C)C(C)CC(C)C(C)CCC. The van der Waals surface area contributed by atoms with E-state index < -0.39 is 0 Å². The van der Waals surface area contributed by atoms with Gasteiger partial charge >= 0.3 is 0 Å². The first-order valence-electron chi connectivity index (χ1n) is 12.2. The summed E-state index contributed by atoms with van der Waals surface area (Å²) in [5.41, 5.74) is 0.712. The van der Waals surface area contributed by atoms with Crippen LogP contribution in [0.2, 0.25) is 0 Å². The third kappa shape index (κ3) is 6.87. The molecule has 0 bridgehead atoms. The first kappa shape index (κ1) is 24.0. The van der Waals surface area contributed by atoms with E-state index in [0.29, 0.717) is 5.41 Å². The molecule has 1 aliphatic carbocycles. The van der Waals surface area contributed by atoms with E-state index in [1.807, 2.05) is 0 Å². The minimum Gasteiger partial charge on any atom is -0.0654 e. The molecule has 0 heteroatoms. The fourth-order valence-corrected chi connectivity index (χ4v) is 5.77. The van der Waals surface area contributed by atoms with Crippen LogP contribution in [0.25, 0.3) is 0 Å². The van der Waals surface area contributed by atoms with Crippen LogP contribution in [-0.4, -0.2) is 0 Å². The number of hydrogen-bond donors (Lipinski definition) is 0. The molecule has 156 valence electrons. The van der Waals surface area contributed by atoms with Gasteiger partial charge in [0, 0.05) is 0 Å². The van der Waals surface area contributed by atoms with Crippen LogP contribution in [0.4, 0.5) is 0 Å². The fourth-order valence-electron chi connectivity index (χ4n) is 5.77. The molecule has 1 rings (SSSR count). The van der Waals surface area contributed by atoms with Gasteiger partial charge in [0.15, 0.2) is 0 Å². The van der Waals surface area contributed by atoms with Gasteiger partial charge in [0.1, 0.15) is 0 Å². The monoisotopic (exact) mass is 364 g/mol. The van der Waals surface area contributed by atoms with Crippen molar-refractivity contribution in [3.63, 3.8) is 0 Å². The molecular weight excluding hydrogens is 312 g/mol. The maximum atomic E-state index is 2.54. The van der Waals surface area contributed by atoms with Gasteiger partial charge in [-0.1, -0.05) is 88.0 Å². The average molecular weight is 365 g/mol. The van der Waals surface area contributed by atoms with Gasteiger partial charge in [-0.3, -0.25) is 0 Å². The van der Waals surface area contributed by atoms with Crippen LogP contribution in [0.15, 0.2) is 0 Å². The molecule has 0 spiro atoms. The molecule has 0 amide bonds. The van der Waals surface area contributed by atoms with Crippen molar-refractivity contribution in [2.45, 2.75) is 120 Å². The summed E-state index contributed by atoms with van der Waals surface area (Å²) < 4.78 is 0. The lowest BCUT2D eigenvalue weighted by Crippen LogP contribution is -2.19. The molecular formula is C26H52. The van der Waals surface area contributed by atoms with Crippen LogP contribution in [0.3, 0.4) is 0 Å². The highest BCUT2D eigenvalue weighted by molar-refractivity contribution is 5.04. The van der Waals surface area contributed by atoms with Crippen molar-refractivity contribution in [1.29, 1.82) is 0 Å². The zero-order valence-electron chi connectivity index (χ0n) is 19.9. The lowest BCUT2D eigenvalue weighted by Gasteiger charge is -2.29. The molecule has 0 saturated heterocycles.